The SMILES string of the molecule is COc1ccc(CC(=O)N=c2sc3c(Cl)ccc(C)c3n2C)cc1C. The molecule has 130 valence electrons. The van der Waals surface area contributed by atoms with E-state index in [1.165, 1.54) is 11.3 Å². The molecule has 1 heterocycles. The molecular formula is C19H19ClN2O2S. The fourth-order valence-corrected chi connectivity index (χ4v) is 4.27. The standard InChI is InChI=1S/C19H19ClN2O2S/c1-11-5-7-14(20)18-17(11)22(3)19(25-18)21-16(23)10-13-6-8-15(24-4)12(2)9-13/h5-9H,10H2,1-4H3. The lowest BCUT2D eigenvalue weighted by atomic mass is 10.1. The van der Waals surface area contributed by atoms with Crippen LogP contribution in [-0.4, -0.2) is 17.6 Å². The number of methoxy groups -OCH3 is 1. The number of benzene rings is 2. The molecule has 0 spiro atoms. The average Bonchev–Trinajstić information content (AvgIpc) is 2.89. The van der Waals surface area contributed by atoms with Gasteiger partial charge in [-0.2, -0.15) is 4.99 Å². The molecule has 0 atom stereocenters. The van der Waals surface area contributed by atoms with E-state index in [0.717, 1.165) is 32.7 Å². The van der Waals surface area contributed by atoms with Crippen LogP contribution >= 0.6 is 22.9 Å². The zero-order chi connectivity index (χ0) is 18.1. The number of ether oxygens (including phenoxy) is 1. The van der Waals surface area contributed by atoms with Crippen LogP contribution in [0.5, 0.6) is 5.75 Å². The summed E-state index contributed by atoms with van der Waals surface area (Å²) in [6, 6.07) is 9.58. The molecule has 6 heteroatoms. The number of carbonyl (C=O) groups excluding carboxylic acids is 1. The Morgan fingerprint density at radius 2 is 2.00 bits per heavy atom. The van der Waals surface area contributed by atoms with Crippen molar-refractivity contribution in [2.75, 3.05) is 7.11 Å². The highest BCUT2D eigenvalue weighted by Crippen LogP contribution is 2.28. The van der Waals surface area contributed by atoms with Gasteiger partial charge in [0.2, 0.25) is 0 Å². The molecule has 0 saturated heterocycles. The molecule has 3 rings (SSSR count). The third kappa shape index (κ3) is 3.48. The molecule has 25 heavy (non-hydrogen) atoms. The first-order chi connectivity index (χ1) is 11.9. The number of thiazole rings is 1. The van der Waals surface area contributed by atoms with Gasteiger partial charge in [-0.3, -0.25) is 4.79 Å². The van der Waals surface area contributed by atoms with Crippen molar-refractivity contribution in [1.29, 1.82) is 0 Å². The van der Waals surface area contributed by atoms with Crippen LogP contribution in [0.15, 0.2) is 35.3 Å². The Morgan fingerprint density at radius 3 is 2.64 bits per heavy atom. The predicted molar refractivity (Wildman–Crippen MR) is 103 cm³/mol. The number of aromatic nitrogens is 1. The maximum atomic E-state index is 12.4. The Balaban J connectivity index is 1.95. The lowest BCUT2D eigenvalue weighted by molar-refractivity contribution is -0.117. The van der Waals surface area contributed by atoms with Crippen molar-refractivity contribution in [2.24, 2.45) is 12.0 Å². The number of amides is 1. The molecule has 0 aliphatic rings. The van der Waals surface area contributed by atoms with Gasteiger partial charge in [0.05, 0.1) is 28.8 Å². The van der Waals surface area contributed by atoms with Crippen LogP contribution in [0.3, 0.4) is 0 Å². The molecule has 1 aromatic heterocycles. The molecule has 0 radical (unpaired) electrons. The van der Waals surface area contributed by atoms with E-state index in [0.29, 0.717) is 9.82 Å². The zero-order valence-electron chi connectivity index (χ0n) is 14.6. The minimum atomic E-state index is -0.180. The van der Waals surface area contributed by atoms with Gasteiger partial charge >= 0.3 is 0 Å². The summed E-state index contributed by atoms with van der Waals surface area (Å²) in [4.78, 5) is 17.4. The number of nitrogens with zero attached hydrogens (tertiary/aromatic N) is 2. The molecule has 1 amide bonds. The Kier molecular flexibility index (Phi) is 4.97. The molecule has 0 saturated carbocycles. The Morgan fingerprint density at radius 1 is 1.24 bits per heavy atom. The number of halogens is 1. The van der Waals surface area contributed by atoms with Gasteiger partial charge in [-0.1, -0.05) is 41.1 Å². The lowest BCUT2D eigenvalue weighted by Gasteiger charge is -2.05. The third-order valence-electron chi connectivity index (χ3n) is 4.14. The maximum absolute atomic E-state index is 12.4. The first-order valence-electron chi connectivity index (χ1n) is 7.86. The van der Waals surface area contributed by atoms with Crippen LogP contribution in [0, 0.1) is 13.8 Å². The fourth-order valence-electron chi connectivity index (χ4n) is 2.88. The van der Waals surface area contributed by atoms with E-state index in [4.69, 9.17) is 16.3 Å². The molecule has 2 aromatic carbocycles. The Hall–Kier alpha value is -2.11. The van der Waals surface area contributed by atoms with E-state index in [1.807, 2.05) is 55.8 Å². The van der Waals surface area contributed by atoms with Crippen LogP contribution in [0.25, 0.3) is 10.2 Å². The average molecular weight is 375 g/mol. The van der Waals surface area contributed by atoms with E-state index in [-0.39, 0.29) is 12.3 Å². The van der Waals surface area contributed by atoms with E-state index in [9.17, 15) is 4.79 Å². The Bertz CT molecular complexity index is 1030. The normalized spacial score (nSPS) is 12.0. The van der Waals surface area contributed by atoms with E-state index in [1.54, 1.807) is 7.11 Å². The molecule has 0 bridgehead atoms. The van der Waals surface area contributed by atoms with Crippen molar-refractivity contribution in [2.45, 2.75) is 20.3 Å². The van der Waals surface area contributed by atoms with Crippen LogP contribution in [-0.2, 0) is 18.3 Å². The van der Waals surface area contributed by atoms with Crippen molar-refractivity contribution in [3.8, 4) is 5.75 Å². The maximum Gasteiger partial charge on any atom is 0.252 e. The molecule has 4 nitrogen and oxygen atoms in total. The molecule has 0 fully saturated rings. The predicted octanol–water partition coefficient (Wildman–Crippen LogP) is 4.19. The second kappa shape index (κ2) is 7.02. The van der Waals surface area contributed by atoms with Gasteiger partial charge in [0.25, 0.3) is 5.91 Å². The van der Waals surface area contributed by atoms with Gasteiger partial charge in [0.1, 0.15) is 5.75 Å². The number of hydrogen-bond acceptors (Lipinski definition) is 3. The van der Waals surface area contributed by atoms with Crippen LogP contribution in [0.4, 0.5) is 0 Å². The monoisotopic (exact) mass is 374 g/mol. The second-order valence-electron chi connectivity index (χ2n) is 5.97. The lowest BCUT2D eigenvalue weighted by Crippen LogP contribution is -2.14. The molecular weight excluding hydrogens is 356 g/mol. The Labute approximate surface area is 155 Å². The second-order valence-corrected chi connectivity index (χ2v) is 7.36. The third-order valence-corrected chi connectivity index (χ3v) is 5.73. The number of hydrogen-bond donors (Lipinski definition) is 0. The minimum Gasteiger partial charge on any atom is -0.496 e. The molecule has 0 N–H and O–H groups in total. The summed E-state index contributed by atoms with van der Waals surface area (Å²) in [5, 5.41) is 0.681. The van der Waals surface area contributed by atoms with Crippen LogP contribution < -0.4 is 9.54 Å². The first-order valence-corrected chi connectivity index (χ1v) is 9.06. The number of carbonyl (C=O) groups is 1. The van der Waals surface area contributed by atoms with Crippen molar-refractivity contribution in [3.63, 3.8) is 0 Å². The van der Waals surface area contributed by atoms with E-state index in [2.05, 4.69) is 4.99 Å². The highest BCUT2D eigenvalue weighted by molar-refractivity contribution is 7.17. The van der Waals surface area contributed by atoms with Crippen molar-refractivity contribution in [3.05, 3.63) is 56.8 Å². The minimum absolute atomic E-state index is 0.180. The zero-order valence-corrected chi connectivity index (χ0v) is 16.2. The van der Waals surface area contributed by atoms with Gasteiger partial charge < -0.3 is 9.30 Å². The number of fused-ring (bicyclic) bond motifs is 1. The first kappa shape index (κ1) is 17.7. The van der Waals surface area contributed by atoms with Gasteiger partial charge in [-0.05, 0) is 42.7 Å². The van der Waals surface area contributed by atoms with Gasteiger partial charge in [-0.15, -0.1) is 0 Å². The van der Waals surface area contributed by atoms with Crippen LogP contribution in [0.2, 0.25) is 5.02 Å². The summed E-state index contributed by atoms with van der Waals surface area (Å²) in [6.45, 7) is 3.98. The summed E-state index contributed by atoms with van der Waals surface area (Å²) in [5.74, 6) is 0.634. The van der Waals surface area contributed by atoms with Gasteiger partial charge in [0, 0.05) is 7.05 Å². The topological polar surface area (TPSA) is 43.6 Å². The van der Waals surface area contributed by atoms with Crippen molar-refractivity contribution < 1.29 is 9.53 Å². The summed E-state index contributed by atoms with van der Waals surface area (Å²) in [6.07, 6.45) is 0.256. The smallest absolute Gasteiger partial charge is 0.252 e. The fraction of sp³-hybridized carbons (Fsp3) is 0.263. The quantitative estimate of drug-likeness (QED) is 0.690. The molecule has 3 aromatic rings. The van der Waals surface area contributed by atoms with E-state index < -0.39 is 0 Å². The van der Waals surface area contributed by atoms with Crippen molar-refractivity contribution in [1.82, 2.24) is 4.57 Å². The summed E-state index contributed by atoms with van der Waals surface area (Å²) in [5.41, 5.74) is 4.05. The summed E-state index contributed by atoms with van der Waals surface area (Å²) >= 11 is 7.72. The molecule has 0 aliphatic carbocycles. The van der Waals surface area contributed by atoms with E-state index >= 15 is 0 Å². The number of aryl methyl sites for hydroxylation is 3. The molecule has 0 unspecified atom stereocenters. The highest BCUT2D eigenvalue weighted by Gasteiger charge is 2.11. The number of rotatable bonds is 3. The summed E-state index contributed by atoms with van der Waals surface area (Å²) in [7, 11) is 3.54. The van der Waals surface area contributed by atoms with Crippen molar-refractivity contribution >= 4 is 39.1 Å². The largest absolute Gasteiger partial charge is 0.496 e. The van der Waals surface area contributed by atoms with Crippen LogP contribution in [0.1, 0.15) is 16.7 Å². The summed E-state index contributed by atoms with van der Waals surface area (Å²) < 4.78 is 8.13. The molecule has 0 aliphatic heterocycles. The highest BCUT2D eigenvalue weighted by atomic mass is 35.5. The van der Waals surface area contributed by atoms with Gasteiger partial charge in [0.15, 0.2) is 4.80 Å². The van der Waals surface area contributed by atoms with Gasteiger partial charge in [-0.25, -0.2) is 0 Å².